The van der Waals surface area contributed by atoms with Gasteiger partial charge in [0.25, 0.3) is 0 Å². The molecule has 2 aromatic carbocycles. The number of aliphatic hydroxyl groups is 1. The van der Waals surface area contributed by atoms with Gasteiger partial charge in [-0.1, -0.05) is 18.2 Å². The number of esters is 1. The summed E-state index contributed by atoms with van der Waals surface area (Å²) in [6, 6.07) is 8.95. The van der Waals surface area contributed by atoms with Crippen molar-refractivity contribution in [2.45, 2.75) is 44.4 Å². The van der Waals surface area contributed by atoms with Gasteiger partial charge in [-0.25, -0.2) is 9.59 Å². The molecule has 3 atom stereocenters. The molecule has 0 bridgehead atoms. The molecule has 0 fully saturated rings. The Morgan fingerprint density at radius 1 is 1.15 bits per heavy atom. The number of fused-ring (bicyclic) bond motifs is 1. The van der Waals surface area contributed by atoms with E-state index in [1.807, 2.05) is 6.92 Å². The average Bonchev–Trinajstić information content (AvgIpc) is 3.17. The highest BCUT2D eigenvalue weighted by atomic mass is 19.4. The largest absolute Gasteiger partial charge is 0.475 e. The Morgan fingerprint density at radius 3 is 2.50 bits per heavy atom. The zero-order chi connectivity index (χ0) is 25.1. The third kappa shape index (κ3) is 5.42. The molecule has 3 N–H and O–H groups in total. The first-order chi connectivity index (χ1) is 16.0. The lowest BCUT2D eigenvalue weighted by atomic mass is 10.0. The second-order valence-corrected chi connectivity index (χ2v) is 7.78. The molecule has 11 heteroatoms. The Hall–Kier alpha value is -3.31. The summed E-state index contributed by atoms with van der Waals surface area (Å²) in [6.07, 6.45) is -5.24. The SMILES string of the molecule is CCOC(=O)C1(C(=O)O)Oc2ccc(CC(C)NCC(O)c3cccc(C(F)(F)F)c3)cc2O1. The van der Waals surface area contributed by atoms with Gasteiger partial charge in [-0.15, -0.1) is 0 Å². The van der Waals surface area contributed by atoms with Crippen LogP contribution in [0.2, 0.25) is 0 Å². The van der Waals surface area contributed by atoms with Crippen LogP contribution in [0.1, 0.15) is 36.6 Å². The van der Waals surface area contributed by atoms with Crippen LogP contribution in [-0.4, -0.2) is 47.1 Å². The van der Waals surface area contributed by atoms with E-state index < -0.39 is 35.6 Å². The van der Waals surface area contributed by atoms with Crippen LogP contribution in [0.15, 0.2) is 42.5 Å². The van der Waals surface area contributed by atoms with E-state index in [-0.39, 0.29) is 36.3 Å². The van der Waals surface area contributed by atoms with Crippen molar-refractivity contribution in [3.05, 3.63) is 59.2 Å². The summed E-state index contributed by atoms with van der Waals surface area (Å²) in [6.45, 7) is 3.28. The summed E-state index contributed by atoms with van der Waals surface area (Å²) in [5, 5.41) is 22.8. The Morgan fingerprint density at radius 2 is 1.85 bits per heavy atom. The van der Waals surface area contributed by atoms with Crippen molar-refractivity contribution in [1.82, 2.24) is 5.32 Å². The predicted molar refractivity (Wildman–Crippen MR) is 112 cm³/mol. The molecule has 34 heavy (non-hydrogen) atoms. The van der Waals surface area contributed by atoms with Gasteiger partial charge in [0.1, 0.15) is 0 Å². The smallest absolute Gasteiger partial charge is 0.453 e. The minimum Gasteiger partial charge on any atom is -0.475 e. The van der Waals surface area contributed by atoms with Crippen LogP contribution < -0.4 is 14.8 Å². The molecule has 0 spiro atoms. The van der Waals surface area contributed by atoms with Gasteiger partial charge in [-0.2, -0.15) is 13.2 Å². The number of carbonyl (C=O) groups is 2. The molecule has 184 valence electrons. The topological polar surface area (TPSA) is 114 Å². The number of rotatable bonds is 9. The number of carboxylic acids is 1. The van der Waals surface area contributed by atoms with E-state index in [0.29, 0.717) is 12.0 Å². The number of benzene rings is 2. The van der Waals surface area contributed by atoms with Gasteiger partial charge >= 0.3 is 23.9 Å². The van der Waals surface area contributed by atoms with E-state index in [0.717, 1.165) is 12.1 Å². The minimum atomic E-state index is -4.50. The highest BCUT2D eigenvalue weighted by Gasteiger charge is 2.58. The van der Waals surface area contributed by atoms with Gasteiger partial charge in [-0.3, -0.25) is 0 Å². The normalized spacial score (nSPS) is 18.9. The molecule has 2 aromatic rings. The second kappa shape index (κ2) is 9.90. The summed E-state index contributed by atoms with van der Waals surface area (Å²) in [4.78, 5) is 23.8. The molecule has 0 amide bonds. The number of hydrogen-bond donors (Lipinski definition) is 3. The lowest BCUT2D eigenvalue weighted by Gasteiger charge is -2.20. The molecule has 0 aliphatic carbocycles. The molecule has 0 radical (unpaired) electrons. The van der Waals surface area contributed by atoms with Crippen LogP contribution in [0.5, 0.6) is 11.5 Å². The van der Waals surface area contributed by atoms with E-state index in [2.05, 4.69) is 5.32 Å². The predicted octanol–water partition coefficient (Wildman–Crippen LogP) is 3.07. The fourth-order valence-corrected chi connectivity index (χ4v) is 3.44. The fourth-order valence-electron chi connectivity index (χ4n) is 3.44. The molecule has 3 unspecified atom stereocenters. The first-order valence-corrected chi connectivity index (χ1v) is 10.5. The molecule has 1 aliphatic heterocycles. The van der Waals surface area contributed by atoms with Crippen LogP contribution in [0, 0.1) is 0 Å². The number of ether oxygens (including phenoxy) is 3. The maximum atomic E-state index is 12.9. The number of carbonyl (C=O) groups excluding carboxylic acids is 1. The van der Waals surface area contributed by atoms with E-state index in [9.17, 15) is 33.0 Å². The van der Waals surface area contributed by atoms with E-state index in [4.69, 9.17) is 14.2 Å². The quantitative estimate of drug-likeness (QED) is 0.368. The van der Waals surface area contributed by atoms with Gasteiger partial charge in [0.15, 0.2) is 11.5 Å². The second-order valence-electron chi connectivity index (χ2n) is 7.78. The van der Waals surface area contributed by atoms with Crippen LogP contribution >= 0.6 is 0 Å². The third-order valence-electron chi connectivity index (χ3n) is 5.14. The van der Waals surface area contributed by atoms with Crippen molar-refractivity contribution in [1.29, 1.82) is 0 Å². The lowest BCUT2D eigenvalue weighted by Crippen LogP contribution is -2.55. The first kappa shape index (κ1) is 25.3. The summed E-state index contributed by atoms with van der Waals surface area (Å²) in [5.41, 5.74) is 0.0141. The maximum Gasteiger partial charge on any atom is 0.453 e. The zero-order valence-electron chi connectivity index (χ0n) is 18.4. The molecule has 0 aromatic heterocycles. The molecule has 8 nitrogen and oxygen atoms in total. The molecule has 1 aliphatic rings. The number of aliphatic hydroxyl groups excluding tert-OH is 1. The summed E-state index contributed by atoms with van der Waals surface area (Å²) in [7, 11) is 0. The summed E-state index contributed by atoms with van der Waals surface area (Å²) in [5.74, 6) is -5.32. The molecule has 3 rings (SSSR count). The van der Waals surface area contributed by atoms with Crippen LogP contribution in [0.3, 0.4) is 0 Å². The Balaban J connectivity index is 1.62. The number of halogens is 3. The first-order valence-electron chi connectivity index (χ1n) is 10.5. The standard InChI is InChI=1S/C23H24F3NO7/c1-3-32-21(31)22(20(29)30)33-18-8-7-14(10-19(18)34-22)9-13(2)27-12-17(28)15-5-4-6-16(11-15)23(24,25)26/h4-8,10-11,13,17,27-28H,3,9,12H2,1-2H3,(H,29,30). The van der Waals surface area contributed by atoms with Gasteiger partial charge in [0.05, 0.1) is 18.3 Å². The fraction of sp³-hybridized carbons (Fsp3) is 0.391. The molecule has 0 saturated heterocycles. The van der Waals surface area contributed by atoms with Crippen molar-refractivity contribution in [2.24, 2.45) is 0 Å². The van der Waals surface area contributed by atoms with Crippen molar-refractivity contribution >= 4 is 11.9 Å². The minimum absolute atomic E-state index is 0.0119. The van der Waals surface area contributed by atoms with Crippen molar-refractivity contribution < 1.29 is 47.2 Å². The Kier molecular flexibility index (Phi) is 7.37. The van der Waals surface area contributed by atoms with Gasteiger partial charge in [-0.05, 0) is 55.7 Å². The summed E-state index contributed by atoms with van der Waals surface area (Å²) >= 11 is 0. The number of alkyl halides is 3. The molecular formula is C23H24F3NO7. The van der Waals surface area contributed by atoms with Gasteiger partial charge < -0.3 is 29.7 Å². The molecular weight excluding hydrogens is 459 g/mol. The maximum absolute atomic E-state index is 12.9. The Labute approximate surface area is 193 Å². The van der Waals surface area contributed by atoms with Crippen LogP contribution in [0.4, 0.5) is 13.2 Å². The summed E-state index contributed by atoms with van der Waals surface area (Å²) < 4.78 is 54.0. The zero-order valence-corrected chi connectivity index (χ0v) is 18.4. The monoisotopic (exact) mass is 483 g/mol. The molecule has 0 saturated carbocycles. The molecule has 1 heterocycles. The van der Waals surface area contributed by atoms with Crippen LogP contribution in [0.25, 0.3) is 0 Å². The number of nitrogens with one attached hydrogen (secondary N) is 1. The average molecular weight is 483 g/mol. The van der Waals surface area contributed by atoms with Crippen molar-refractivity contribution in [3.63, 3.8) is 0 Å². The van der Waals surface area contributed by atoms with E-state index >= 15 is 0 Å². The van der Waals surface area contributed by atoms with E-state index in [1.54, 1.807) is 6.07 Å². The number of aliphatic carboxylic acids is 1. The number of hydrogen-bond acceptors (Lipinski definition) is 7. The van der Waals surface area contributed by atoms with Crippen LogP contribution in [-0.2, 0) is 26.9 Å². The van der Waals surface area contributed by atoms with Gasteiger partial charge in [0, 0.05) is 12.6 Å². The van der Waals surface area contributed by atoms with Crippen molar-refractivity contribution in [3.8, 4) is 11.5 Å². The van der Waals surface area contributed by atoms with Gasteiger partial charge in [0.2, 0.25) is 0 Å². The van der Waals surface area contributed by atoms with E-state index in [1.165, 1.54) is 31.2 Å². The lowest BCUT2D eigenvalue weighted by molar-refractivity contribution is -0.198. The Bertz CT molecular complexity index is 1060. The highest BCUT2D eigenvalue weighted by molar-refractivity contribution is 6.02. The number of carboxylic acid groups (broad SMARTS) is 1. The van der Waals surface area contributed by atoms with Crippen molar-refractivity contribution in [2.75, 3.05) is 13.2 Å². The highest BCUT2D eigenvalue weighted by Crippen LogP contribution is 2.41. The third-order valence-corrected chi connectivity index (χ3v) is 5.14.